The van der Waals surface area contributed by atoms with Gasteiger partial charge in [0, 0.05) is 49.4 Å². The van der Waals surface area contributed by atoms with Gasteiger partial charge < -0.3 is 30.3 Å². The fourth-order valence-electron chi connectivity index (χ4n) is 3.46. The summed E-state index contributed by atoms with van der Waals surface area (Å²) in [4.78, 5) is 27.6. The van der Waals surface area contributed by atoms with Crippen LogP contribution in [0, 0.1) is 0 Å². The smallest absolute Gasteiger partial charge is 0.323 e. The predicted octanol–water partition coefficient (Wildman–Crippen LogP) is 4.90. The lowest BCUT2D eigenvalue weighted by Crippen LogP contribution is -2.28. The number of carbonyl (C=O) groups excluding carboxylic acids is 2. The molecule has 0 saturated carbocycles. The van der Waals surface area contributed by atoms with Crippen molar-refractivity contribution < 1.29 is 19.1 Å². The Morgan fingerprint density at radius 2 is 1.44 bits per heavy atom. The van der Waals surface area contributed by atoms with Crippen LogP contribution >= 0.6 is 0 Å². The van der Waals surface area contributed by atoms with Gasteiger partial charge in [0.25, 0.3) is 5.91 Å². The molecule has 0 aliphatic rings. The number of urea groups is 1. The van der Waals surface area contributed by atoms with E-state index >= 15 is 0 Å². The first kappa shape index (κ1) is 24.4. The van der Waals surface area contributed by atoms with Crippen molar-refractivity contribution in [1.82, 2.24) is 5.32 Å². The lowest BCUT2D eigenvalue weighted by atomic mass is 10.1. The normalized spacial score (nSPS) is 11.2. The third kappa shape index (κ3) is 6.19. The maximum absolute atomic E-state index is 13.1. The molecule has 3 N–H and O–H groups in total. The number of carbonyl (C=O) groups is 2. The largest absolute Gasteiger partial charge is 0.497 e. The van der Waals surface area contributed by atoms with E-state index in [0.717, 1.165) is 11.3 Å². The Bertz CT molecular complexity index is 1130. The number of nitrogens with zero attached hydrogens (tertiary/aromatic N) is 1. The zero-order chi connectivity index (χ0) is 24.7. The summed E-state index contributed by atoms with van der Waals surface area (Å²) in [5, 5.41) is 8.57. The molecular formula is C26H30N4O4. The van der Waals surface area contributed by atoms with Gasteiger partial charge in [-0.05, 0) is 30.7 Å². The monoisotopic (exact) mass is 462 g/mol. The van der Waals surface area contributed by atoms with Crippen molar-refractivity contribution in [1.29, 1.82) is 0 Å². The number of rotatable bonds is 8. The molecule has 0 heterocycles. The molecule has 8 nitrogen and oxygen atoms in total. The number of methoxy groups -OCH3 is 2. The van der Waals surface area contributed by atoms with Gasteiger partial charge in [-0.25, -0.2) is 4.79 Å². The van der Waals surface area contributed by atoms with E-state index in [-0.39, 0.29) is 11.9 Å². The van der Waals surface area contributed by atoms with E-state index in [1.807, 2.05) is 56.3 Å². The van der Waals surface area contributed by atoms with Crippen LogP contribution in [0.5, 0.6) is 11.5 Å². The van der Waals surface area contributed by atoms with Crippen LogP contribution in [0.2, 0.25) is 0 Å². The highest BCUT2D eigenvalue weighted by Gasteiger charge is 2.17. The second-order valence-corrected chi connectivity index (χ2v) is 7.91. The molecule has 0 fully saturated rings. The Labute approximate surface area is 199 Å². The van der Waals surface area contributed by atoms with Crippen molar-refractivity contribution in [3.05, 3.63) is 77.9 Å². The molecule has 1 atom stereocenters. The molecule has 0 bridgehead atoms. The molecule has 178 valence electrons. The minimum atomic E-state index is -0.461. The van der Waals surface area contributed by atoms with E-state index in [0.29, 0.717) is 28.4 Å². The highest BCUT2D eigenvalue weighted by Crippen LogP contribution is 2.27. The van der Waals surface area contributed by atoms with Crippen LogP contribution in [0.25, 0.3) is 0 Å². The minimum Gasteiger partial charge on any atom is -0.497 e. The molecule has 0 aliphatic heterocycles. The van der Waals surface area contributed by atoms with Crippen LogP contribution in [0.4, 0.5) is 21.9 Å². The first-order chi connectivity index (χ1) is 16.3. The molecule has 0 radical (unpaired) electrons. The Hall–Kier alpha value is -4.20. The van der Waals surface area contributed by atoms with Gasteiger partial charge in [0.05, 0.1) is 25.8 Å². The van der Waals surface area contributed by atoms with Gasteiger partial charge in [-0.3, -0.25) is 4.79 Å². The van der Waals surface area contributed by atoms with E-state index in [1.165, 1.54) is 14.2 Å². The molecule has 0 aliphatic carbocycles. The van der Waals surface area contributed by atoms with E-state index in [4.69, 9.17) is 9.47 Å². The second-order valence-electron chi connectivity index (χ2n) is 7.91. The molecule has 1 unspecified atom stereocenters. The average Bonchev–Trinajstić information content (AvgIpc) is 2.83. The molecule has 8 heteroatoms. The third-order valence-corrected chi connectivity index (χ3v) is 5.24. The summed E-state index contributed by atoms with van der Waals surface area (Å²) in [5.41, 5.74) is 3.18. The van der Waals surface area contributed by atoms with Gasteiger partial charge in [0.2, 0.25) is 0 Å². The standard InChI is InChI=1S/C26H30N4O4/c1-17(18-9-7-6-8-10-18)27-25(31)23-15-19(11-12-24(23)30(2)3)28-26(32)29-20-13-21(33-4)16-22(14-20)34-5/h6-17H,1-5H3,(H,27,31)(H2,28,29,32). The quantitative estimate of drug-likeness (QED) is 0.443. The zero-order valence-electron chi connectivity index (χ0n) is 20.0. The number of anilines is 3. The van der Waals surface area contributed by atoms with Gasteiger partial charge in [-0.2, -0.15) is 0 Å². The number of benzene rings is 3. The third-order valence-electron chi connectivity index (χ3n) is 5.24. The van der Waals surface area contributed by atoms with Crippen molar-refractivity contribution in [2.24, 2.45) is 0 Å². The predicted molar refractivity (Wildman–Crippen MR) is 135 cm³/mol. The summed E-state index contributed by atoms with van der Waals surface area (Å²) in [5.74, 6) is 0.870. The first-order valence-corrected chi connectivity index (χ1v) is 10.8. The van der Waals surface area contributed by atoms with E-state index < -0.39 is 6.03 Å². The molecule has 3 amide bonds. The van der Waals surface area contributed by atoms with Crippen molar-refractivity contribution in [3.63, 3.8) is 0 Å². The average molecular weight is 463 g/mol. The fourth-order valence-corrected chi connectivity index (χ4v) is 3.46. The topological polar surface area (TPSA) is 91.9 Å². The molecule has 0 spiro atoms. The summed E-state index contributed by atoms with van der Waals surface area (Å²) < 4.78 is 10.5. The molecule has 0 aromatic heterocycles. The zero-order valence-corrected chi connectivity index (χ0v) is 20.0. The Morgan fingerprint density at radius 1 is 0.824 bits per heavy atom. The van der Waals surface area contributed by atoms with Crippen LogP contribution in [-0.2, 0) is 0 Å². The van der Waals surface area contributed by atoms with Crippen LogP contribution in [-0.4, -0.2) is 40.3 Å². The maximum Gasteiger partial charge on any atom is 0.323 e. The van der Waals surface area contributed by atoms with E-state index in [9.17, 15) is 9.59 Å². The van der Waals surface area contributed by atoms with Gasteiger partial charge in [0.15, 0.2) is 0 Å². The molecular weight excluding hydrogens is 432 g/mol. The van der Waals surface area contributed by atoms with Crippen molar-refractivity contribution >= 4 is 29.0 Å². The summed E-state index contributed by atoms with van der Waals surface area (Å²) in [6.45, 7) is 1.93. The number of nitrogens with one attached hydrogen (secondary N) is 3. The van der Waals surface area contributed by atoms with Crippen LogP contribution in [0.1, 0.15) is 28.9 Å². The van der Waals surface area contributed by atoms with Crippen LogP contribution in [0.3, 0.4) is 0 Å². The summed E-state index contributed by atoms with van der Waals surface area (Å²) in [7, 11) is 6.80. The number of hydrogen-bond acceptors (Lipinski definition) is 5. The molecule has 3 aromatic rings. The van der Waals surface area contributed by atoms with Gasteiger partial charge in [-0.1, -0.05) is 30.3 Å². The van der Waals surface area contributed by atoms with Crippen LogP contribution < -0.4 is 30.3 Å². The Morgan fingerprint density at radius 3 is 2.03 bits per heavy atom. The number of hydrogen-bond donors (Lipinski definition) is 3. The van der Waals surface area contributed by atoms with Crippen molar-refractivity contribution in [2.45, 2.75) is 13.0 Å². The molecule has 34 heavy (non-hydrogen) atoms. The molecule has 3 rings (SSSR count). The summed E-state index contributed by atoms with van der Waals surface area (Å²) >= 11 is 0. The van der Waals surface area contributed by atoms with Crippen molar-refractivity contribution in [3.8, 4) is 11.5 Å². The SMILES string of the molecule is COc1cc(NC(=O)Nc2ccc(N(C)C)c(C(=O)NC(C)c3ccccc3)c2)cc(OC)c1. The Kier molecular flexibility index (Phi) is 7.97. The summed E-state index contributed by atoms with van der Waals surface area (Å²) in [6.07, 6.45) is 0. The van der Waals surface area contributed by atoms with Crippen LogP contribution in [0.15, 0.2) is 66.7 Å². The lowest BCUT2D eigenvalue weighted by Gasteiger charge is -2.20. The fraction of sp³-hybridized carbons (Fsp3) is 0.231. The highest BCUT2D eigenvalue weighted by molar-refractivity contribution is 6.04. The first-order valence-electron chi connectivity index (χ1n) is 10.8. The van der Waals surface area contributed by atoms with E-state index in [2.05, 4.69) is 16.0 Å². The highest BCUT2D eigenvalue weighted by atomic mass is 16.5. The number of ether oxygens (including phenoxy) is 2. The molecule has 3 aromatic carbocycles. The molecule has 0 saturated heterocycles. The second kappa shape index (κ2) is 11.1. The maximum atomic E-state index is 13.1. The Balaban J connectivity index is 1.77. The van der Waals surface area contributed by atoms with Gasteiger partial charge in [0.1, 0.15) is 11.5 Å². The van der Waals surface area contributed by atoms with Gasteiger partial charge >= 0.3 is 6.03 Å². The lowest BCUT2D eigenvalue weighted by molar-refractivity contribution is 0.0940. The van der Waals surface area contributed by atoms with Crippen molar-refractivity contribution in [2.75, 3.05) is 43.8 Å². The number of amides is 3. The van der Waals surface area contributed by atoms with E-state index in [1.54, 1.807) is 36.4 Å². The summed E-state index contributed by atoms with van der Waals surface area (Å²) in [6, 6.07) is 19.4. The van der Waals surface area contributed by atoms with Gasteiger partial charge in [-0.15, -0.1) is 0 Å². The minimum absolute atomic E-state index is 0.174.